The molecule has 1 saturated heterocycles. The molecular weight excluding hydrogens is 253 g/mol. The number of ether oxygens (including phenoxy) is 1. The average Bonchev–Trinajstić information content (AvgIpc) is 2.57. The van der Waals surface area contributed by atoms with Crippen molar-refractivity contribution in [3.8, 4) is 0 Å². The standard InChI is InChI=1S/C17H26FNO/c1-6-17(19,12-8-7-9-13(18)10-12)14-11-15(2,3)20-16(14,4)5/h7-10,14H,6,11,19H2,1-5H3. The highest BCUT2D eigenvalue weighted by atomic mass is 19.1. The fraction of sp³-hybridized carbons (Fsp3) is 0.647. The van der Waals surface area contributed by atoms with Crippen molar-refractivity contribution in [3.63, 3.8) is 0 Å². The summed E-state index contributed by atoms with van der Waals surface area (Å²) in [6, 6.07) is 6.68. The van der Waals surface area contributed by atoms with Crippen LogP contribution in [0.1, 0.15) is 53.0 Å². The van der Waals surface area contributed by atoms with Crippen LogP contribution in [0.3, 0.4) is 0 Å². The Bertz CT molecular complexity index is 498. The Kier molecular flexibility index (Phi) is 3.72. The zero-order chi connectivity index (χ0) is 15.2. The van der Waals surface area contributed by atoms with E-state index in [0.29, 0.717) is 0 Å². The van der Waals surface area contributed by atoms with Crippen molar-refractivity contribution in [3.05, 3.63) is 35.6 Å². The van der Waals surface area contributed by atoms with E-state index in [2.05, 4.69) is 34.6 Å². The molecule has 2 atom stereocenters. The second kappa shape index (κ2) is 4.81. The number of nitrogens with two attached hydrogens (primary N) is 1. The number of halogens is 1. The van der Waals surface area contributed by atoms with Crippen LogP contribution in [0.2, 0.25) is 0 Å². The maximum atomic E-state index is 13.6. The quantitative estimate of drug-likeness (QED) is 0.908. The van der Waals surface area contributed by atoms with Crippen LogP contribution >= 0.6 is 0 Å². The average molecular weight is 279 g/mol. The minimum Gasteiger partial charge on any atom is -0.369 e. The molecule has 1 aromatic carbocycles. The Morgan fingerprint density at radius 2 is 2.00 bits per heavy atom. The Hall–Kier alpha value is -0.930. The summed E-state index contributed by atoms with van der Waals surface area (Å²) in [7, 11) is 0. The summed E-state index contributed by atoms with van der Waals surface area (Å²) in [5, 5.41) is 0. The van der Waals surface area contributed by atoms with Crippen LogP contribution in [0, 0.1) is 11.7 Å². The lowest BCUT2D eigenvalue weighted by Crippen LogP contribution is -2.50. The lowest BCUT2D eigenvalue weighted by Gasteiger charge is -2.41. The summed E-state index contributed by atoms with van der Waals surface area (Å²) in [5.74, 6) is -0.0847. The van der Waals surface area contributed by atoms with E-state index in [1.54, 1.807) is 12.1 Å². The van der Waals surface area contributed by atoms with Gasteiger partial charge in [-0.05, 0) is 58.2 Å². The molecule has 0 aromatic heterocycles. The topological polar surface area (TPSA) is 35.2 Å². The van der Waals surface area contributed by atoms with Gasteiger partial charge < -0.3 is 10.5 Å². The summed E-state index contributed by atoms with van der Waals surface area (Å²) < 4.78 is 19.8. The van der Waals surface area contributed by atoms with Crippen molar-refractivity contribution in [2.45, 2.75) is 64.2 Å². The predicted molar refractivity (Wildman–Crippen MR) is 79.9 cm³/mol. The molecule has 1 aromatic rings. The zero-order valence-electron chi connectivity index (χ0n) is 13.2. The van der Waals surface area contributed by atoms with E-state index < -0.39 is 5.54 Å². The molecule has 1 aliphatic heterocycles. The van der Waals surface area contributed by atoms with Crippen LogP contribution in [0.25, 0.3) is 0 Å². The molecule has 0 bridgehead atoms. The van der Waals surface area contributed by atoms with Gasteiger partial charge in [-0.25, -0.2) is 4.39 Å². The molecule has 3 heteroatoms. The monoisotopic (exact) mass is 279 g/mol. The van der Waals surface area contributed by atoms with Gasteiger partial charge in [-0.2, -0.15) is 0 Å². The van der Waals surface area contributed by atoms with Crippen LogP contribution in [0.5, 0.6) is 0 Å². The molecule has 20 heavy (non-hydrogen) atoms. The van der Waals surface area contributed by atoms with Crippen molar-refractivity contribution >= 4 is 0 Å². The van der Waals surface area contributed by atoms with E-state index in [1.807, 2.05) is 6.07 Å². The van der Waals surface area contributed by atoms with Crippen LogP contribution in [-0.4, -0.2) is 11.2 Å². The van der Waals surface area contributed by atoms with E-state index in [4.69, 9.17) is 10.5 Å². The molecule has 0 spiro atoms. The van der Waals surface area contributed by atoms with Gasteiger partial charge in [0.15, 0.2) is 0 Å². The molecule has 2 N–H and O–H groups in total. The first-order chi connectivity index (χ1) is 9.11. The van der Waals surface area contributed by atoms with E-state index in [1.165, 1.54) is 6.07 Å². The molecule has 1 aliphatic rings. The van der Waals surface area contributed by atoms with Gasteiger partial charge in [-0.15, -0.1) is 0 Å². The molecular formula is C17H26FNO. The fourth-order valence-corrected chi connectivity index (χ4v) is 3.79. The van der Waals surface area contributed by atoms with Gasteiger partial charge in [-0.3, -0.25) is 0 Å². The van der Waals surface area contributed by atoms with Crippen molar-refractivity contribution < 1.29 is 9.13 Å². The molecule has 1 fully saturated rings. The van der Waals surface area contributed by atoms with Gasteiger partial charge in [0.25, 0.3) is 0 Å². The normalized spacial score (nSPS) is 27.2. The Morgan fingerprint density at radius 3 is 2.45 bits per heavy atom. The minimum atomic E-state index is -0.570. The van der Waals surface area contributed by atoms with Gasteiger partial charge >= 0.3 is 0 Å². The van der Waals surface area contributed by atoms with Crippen LogP contribution < -0.4 is 5.73 Å². The van der Waals surface area contributed by atoms with Gasteiger partial charge in [-0.1, -0.05) is 19.1 Å². The Morgan fingerprint density at radius 1 is 1.35 bits per heavy atom. The summed E-state index contributed by atoms with van der Waals surface area (Å²) in [6.07, 6.45) is 1.63. The largest absolute Gasteiger partial charge is 0.369 e. The highest BCUT2D eigenvalue weighted by molar-refractivity contribution is 5.28. The molecule has 0 amide bonds. The lowest BCUT2D eigenvalue weighted by atomic mass is 9.68. The first-order valence-electron chi connectivity index (χ1n) is 7.36. The molecule has 2 rings (SSSR count). The minimum absolute atomic E-state index is 0.150. The SMILES string of the molecule is CCC(N)(c1cccc(F)c1)C1CC(C)(C)OC1(C)C. The predicted octanol–water partition coefficient (Wildman–Crippen LogP) is 3.98. The van der Waals surface area contributed by atoms with E-state index in [9.17, 15) is 4.39 Å². The Balaban J connectivity index is 2.46. The molecule has 0 saturated carbocycles. The molecule has 1 heterocycles. The highest BCUT2D eigenvalue weighted by Gasteiger charge is 2.53. The van der Waals surface area contributed by atoms with Gasteiger partial charge in [0, 0.05) is 11.5 Å². The summed E-state index contributed by atoms with van der Waals surface area (Å²) >= 11 is 0. The van der Waals surface area contributed by atoms with E-state index in [0.717, 1.165) is 18.4 Å². The third kappa shape index (κ3) is 2.61. The molecule has 0 radical (unpaired) electrons. The van der Waals surface area contributed by atoms with Crippen molar-refractivity contribution in [1.82, 2.24) is 0 Å². The van der Waals surface area contributed by atoms with Gasteiger partial charge in [0.2, 0.25) is 0 Å². The smallest absolute Gasteiger partial charge is 0.123 e. The van der Waals surface area contributed by atoms with Crippen LogP contribution in [0.4, 0.5) is 4.39 Å². The summed E-state index contributed by atoms with van der Waals surface area (Å²) in [6.45, 7) is 10.4. The number of rotatable bonds is 3. The molecule has 112 valence electrons. The summed E-state index contributed by atoms with van der Waals surface area (Å²) in [4.78, 5) is 0. The van der Waals surface area contributed by atoms with Crippen molar-refractivity contribution in [1.29, 1.82) is 0 Å². The Labute approximate surface area is 121 Å². The number of hydrogen-bond acceptors (Lipinski definition) is 2. The molecule has 2 nitrogen and oxygen atoms in total. The third-order valence-corrected chi connectivity index (χ3v) is 4.64. The van der Waals surface area contributed by atoms with Crippen LogP contribution in [0.15, 0.2) is 24.3 Å². The van der Waals surface area contributed by atoms with E-state index >= 15 is 0 Å². The first-order valence-corrected chi connectivity index (χ1v) is 7.36. The fourth-order valence-electron chi connectivity index (χ4n) is 3.79. The molecule has 0 aliphatic carbocycles. The van der Waals surface area contributed by atoms with Gasteiger partial charge in [0.1, 0.15) is 5.82 Å². The number of benzene rings is 1. The second-order valence-electron chi connectivity index (χ2n) is 7.13. The maximum Gasteiger partial charge on any atom is 0.123 e. The van der Waals surface area contributed by atoms with E-state index in [-0.39, 0.29) is 22.9 Å². The van der Waals surface area contributed by atoms with Crippen molar-refractivity contribution in [2.24, 2.45) is 11.7 Å². The third-order valence-electron chi connectivity index (χ3n) is 4.64. The summed E-state index contributed by atoms with van der Waals surface area (Å²) in [5.41, 5.74) is 6.52. The van der Waals surface area contributed by atoms with Gasteiger partial charge in [0.05, 0.1) is 11.2 Å². The number of hydrogen-bond donors (Lipinski definition) is 1. The first kappa shape index (κ1) is 15.5. The lowest BCUT2D eigenvalue weighted by molar-refractivity contribution is -0.0827. The van der Waals surface area contributed by atoms with Crippen molar-refractivity contribution in [2.75, 3.05) is 0 Å². The molecule has 2 unspecified atom stereocenters. The second-order valence-corrected chi connectivity index (χ2v) is 7.13. The maximum absolute atomic E-state index is 13.6. The van der Waals surface area contributed by atoms with Crippen LogP contribution in [-0.2, 0) is 10.3 Å². The zero-order valence-corrected chi connectivity index (χ0v) is 13.2. The highest BCUT2D eigenvalue weighted by Crippen LogP contribution is 2.50.